The summed E-state index contributed by atoms with van der Waals surface area (Å²) in [7, 11) is -3.16. The van der Waals surface area contributed by atoms with E-state index in [4.69, 9.17) is 9.84 Å². The van der Waals surface area contributed by atoms with Gasteiger partial charge in [0.05, 0.1) is 18.1 Å². The second kappa shape index (κ2) is 7.36. The van der Waals surface area contributed by atoms with E-state index in [0.717, 1.165) is 41.8 Å². The number of amides is 1. The first-order chi connectivity index (χ1) is 13.3. The molecule has 0 radical (unpaired) electrons. The maximum Gasteiger partial charge on any atom is 0.407 e. The van der Waals surface area contributed by atoms with Gasteiger partial charge in [0.2, 0.25) is 10.0 Å². The molecule has 1 N–H and O–H groups in total. The third-order valence-corrected chi connectivity index (χ3v) is 7.22. The number of aromatic nitrogens is 1. The van der Waals surface area contributed by atoms with Gasteiger partial charge in [-0.15, -0.1) is 0 Å². The fraction of sp³-hybridized carbons (Fsp3) is 0.579. The number of sulfonamides is 1. The van der Waals surface area contributed by atoms with Gasteiger partial charge < -0.3 is 14.7 Å². The van der Waals surface area contributed by atoms with Crippen molar-refractivity contribution in [2.24, 2.45) is 5.92 Å². The van der Waals surface area contributed by atoms with Crippen molar-refractivity contribution in [3.05, 3.63) is 29.6 Å². The molecular weight excluding hydrogens is 382 g/mol. The predicted octanol–water partition coefficient (Wildman–Crippen LogP) is 1.82. The second-order valence-corrected chi connectivity index (χ2v) is 9.73. The van der Waals surface area contributed by atoms with Crippen LogP contribution in [0.5, 0.6) is 5.75 Å². The molecular formula is C19H25N3O5S. The highest BCUT2D eigenvalue weighted by Gasteiger charge is 2.34. The van der Waals surface area contributed by atoms with Crippen molar-refractivity contribution >= 4 is 21.7 Å². The van der Waals surface area contributed by atoms with Crippen molar-refractivity contribution < 1.29 is 23.1 Å². The minimum Gasteiger partial charge on any atom is -0.488 e. The molecule has 8 nitrogen and oxygen atoms in total. The number of piperidine rings is 1. The summed E-state index contributed by atoms with van der Waals surface area (Å²) in [6, 6.07) is 2.06. The van der Waals surface area contributed by atoms with Gasteiger partial charge in [0.25, 0.3) is 0 Å². The van der Waals surface area contributed by atoms with Gasteiger partial charge in [-0.1, -0.05) is 6.08 Å². The summed E-state index contributed by atoms with van der Waals surface area (Å²) in [4.78, 5) is 17.1. The van der Waals surface area contributed by atoms with E-state index < -0.39 is 16.1 Å². The van der Waals surface area contributed by atoms with Crippen LogP contribution in [-0.2, 0) is 16.4 Å². The molecule has 0 aromatic carbocycles. The lowest BCUT2D eigenvalue weighted by molar-refractivity contribution is 0.0834. The Morgan fingerprint density at radius 2 is 2.04 bits per heavy atom. The Morgan fingerprint density at radius 3 is 2.64 bits per heavy atom. The van der Waals surface area contributed by atoms with Crippen molar-refractivity contribution in [3.63, 3.8) is 0 Å². The van der Waals surface area contributed by atoms with E-state index in [9.17, 15) is 13.2 Å². The molecule has 4 rings (SSSR count). The van der Waals surface area contributed by atoms with Crippen molar-refractivity contribution in [2.75, 3.05) is 32.4 Å². The fourth-order valence-corrected chi connectivity index (χ4v) is 5.03. The number of ether oxygens (including phenoxy) is 1. The van der Waals surface area contributed by atoms with Crippen LogP contribution in [0.15, 0.2) is 18.3 Å². The van der Waals surface area contributed by atoms with Crippen molar-refractivity contribution in [1.82, 2.24) is 14.2 Å². The van der Waals surface area contributed by atoms with Gasteiger partial charge in [0, 0.05) is 38.2 Å². The zero-order valence-corrected chi connectivity index (χ0v) is 16.7. The molecule has 1 saturated heterocycles. The number of likely N-dealkylation sites (tertiary alicyclic amines) is 1. The largest absolute Gasteiger partial charge is 0.488 e. The Morgan fingerprint density at radius 1 is 1.29 bits per heavy atom. The Kier molecular flexibility index (Phi) is 5.05. The van der Waals surface area contributed by atoms with Crippen molar-refractivity contribution in [1.29, 1.82) is 0 Å². The van der Waals surface area contributed by atoms with Crippen molar-refractivity contribution in [2.45, 2.75) is 31.8 Å². The van der Waals surface area contributed by atoms with Crippen molar-refractivity contribution in [3.8, 4) is 5.75 Å². The van der Waals surface area contributed by atoms with E-state index in [1.807, 2.05) is 6.08 Å². The summed E-state index contributed by atoms with van der Waals surface area (Å²) in [5, 5.41) is 9.09. The van der Waals surface area contributed by atoms with Gasteiger partial charge in [0.15, 0.2) is 0 Å². The quantitative estimate of drug-likeness (QED) is 0.820. The molecule has 1 aromatic heterocycles. The molecule has 0 unspecified atom stereocenters. The summed E-state index contributed by atoms with van der Waals surface area (Å²) in [5.74, 6) is 1.16. The van der Waals surface area contributed by atoms with E-state index in [0.29, 0.717) is 38.5 Å². The van der Waals surface area contributed by atoms with Crippen LogP contribution in [0.1, 0.15) is 30.5 Å². The molecule has 1 fully saturated rings. The Hall–Kier alpha value is -2.13. The molecule has 0 spiro atoms. The van der Waals surface area contributed by atoms with Crippen LogP contribution >= 0.6 is 0 Å². The first kappa shape index (κ1) is 19.2. The van der Waals surface area contributed by atoms with E-state index in [-0.39, 0.29) is 6.10 Å². The SMILES string of the molecule is CS(=O)(=O)N1CC=C(c2cc3c(cn2)O[C@@H](C2CCN(C(=O)O)CC2)C3)CC1. The highest BCUT2D eigenvalue weighted by molar-refractivity contribution is 7.88. The standard InChI is InChI=1S/C19H25N3O5S/c1-28(25,26)22-8-4-13(5-9-22)16-10-15-11-17(27-18(15)12-20-16)14-2-6-21(7-3-14)19(23)24/h4,10,12,14,17H,2-3,5-9,11H2,1H3,(H,23,24)/t17-/m1/s1. The van der Waals surface area contributed by atoms with Gasteiger partial charge in [-0.2, -0.15) is 4.31 Å². The van der Waals surface area contributed by atoms with E-state index in [1.165, 1.54) is 15.5 Å². The molecule has 3 aliphatic heterocycles. The van der Waals surface area contributed by atoms with Gasteiger partial charge in [-0.3, -0.25) is 4.98 Å². The van der Waals surface area contributed by atoms with Crippen LogP contribution in [0.2, 0.25) is 0 Å². The minimum absolute atomic E-state index is 0.0732. The number of fused-ring (bicyclic) bond motifs is 1. The molecule has 0 aliphatic carbocycles. The molecule has 3 aliphatic rings. The molecule has 152 valence electrons. The summed E-state index contributed by atoms with van der Waals surface area (Å²) in [5.41, 5.74) is 3.08. The summed E-state index contributed by atoms with van der Waals surface area (Å²) < 4.78 is 30.9. The first-order valence-corrected chi connectivity index (χ1v) is 11.4. The van der Waals surface area contributed by atoms with Crippen LogP contribution in [0.4, 0.5) is 4.79 Å². The Labute approximate surface area is 164 Å². The maximum atomic E-state index is 11.7. The average molecular weight is 407 g/mol. The van der Waals surface area contributed by atoms with Crippen LogP contribution in [0.3, 0.4) is 0 Å². The first-order valence-electron chi connectivity index (χ1n) is 9.59. The predicted molar refractivity (Wildman–Crippen MR) is 104 cm³/mol. The normalized spacial score (nSPS) is 23.8. The van der Waals surface area contributed by atoms with Gasteiger partial charge >= 0.3 is 6.09 Å². The Balaban J connectivity index is 1.41. The topological polar surface area (TPSA) is 100 Å². The third-order valence-electron chi connectivity index (χ3n) is 5.95. The van der Waals surface area contributed by atoms with E-state index >= 15 is 0 Å². The fourth-order valence-electron chi connectivity index (χ4n) is 4.26. The molecule has 1 atom stereocenters. The van der Waals surface area contributed by atoms with Crippen LogP contribution in [-0.4, -0.2) is 72.3 Å². The number of hydrogen-bond acceptors (Lipinski definition) is 5. The minimum atomic E-state index is -3.16. The lowest BCUT2D eigenvalue weighted by atomic mass is 9.89. The third kappa shape index (κ3) is 3.86. The number of carbonyl (C=O) groups is 1. The molecule has 9 heteroatoms. The van der Waals surface area contributed by atoms with E-state index in [2.05, 4.69) is 11.1 Å². The Bertz CT molecular complexity index is 906. The maximum absolute atomic E-state index is 11.7. The highest BCUT2D eigenvalue weighted by Crippen LogP contribution is 2.36. The number of nitrogens with zero attached hydrogens (tertiary/aromatic N) is 3. The average Bonchev–Trinajstić information content (AvgIpc) is 3.11. The van der Waals surface area contributed by atoms with Crippen LogP contribution in [0, 0.1) is 5.92 Å². The van der Waals surface area contributed by atoms with Gasteiger partial charge in [-0.05, 0) is 36.8 Å². The summed E-state index contributed by atoms with van der Waals surface area (Å²) in [6.45, 7) is 1.98. The molecule has 0 bridgehead atoms. The number of rotatable bonds is 3. The highest BCUT2D eigenvalue weighted by atomic mass is 32.2. The zero-order valence-electron chi connectivity index (χ0n) is 15.9. The number of pyridine rings is 1. The smallest absolute Gasteiger partial charge is 0.407 e. The lowest BCUT2D eigenvalue weighted by Crippen LogP contribution is -2.41. The monoisotopic (exact) mass is 407 g/mol. The second-order valence-electron chi connectivity index (χ2n) is 7.75. The number of carboxylic acid groups (broad SMARTS) is 1. The molecule has 28 heavy (non-hydrogen) atoms. The van der Waals surface area contributed by atoms with Crippen LogP contribution < -0.4 is 4.74 Å². The number of hydrogen-bond donors (Lipinski definition) is 1. The molecule has 0 saturated carbocycles. The lowest BCUT2D eigenvalue weighted by Gasteiger charge is -2.32. The van der Waals surface area contributed by atoms with Crippen LogP contribution in [0.25, 0.3) is 5.57 Å². The molecule has 1 aromatic rings. The molecule has 4 heterocycles. The summed E-state index contributed by atoms with van der Waals surface area (Å²) in [6.07, 6.45) is 7.26. The summed E-state index contributed by atoms with van der Waals surface area (Å²) >= 11 is 0. The molecule has 1 amide bonds. The van der Waals surface area contributed by atoms with Gasteiger partial charge in [-0.25, -0.2) is 13.2 Å². The zero-order chi connectivity index (χ0) is 19.9. The van der Waals surface area contributed by atoms with Gasteiger partial charge in [0.1, 0.15) is 11.9 Å². The van der Waals surface area contributed by atoms with E-state index in [1.54, 1.807) is 6.20 Å².